The van der Waals surface area contributed by atoms with Gasteiger partial charge in [0, 0.05) is 91.6 Å². The summed E-state index contributed by atoms with van der Waals surface area (Å²) < 4.78 is 45.5. The van der Waals surface area contributed by atoms with E-state index in [1.165, 1.54) is 29.3 Å². The number of carbonyl (C=O) groups excluding carboxylic acids is 1. The molecule has 15 heteroatoms. The predicted molar refractivity (Wildman–Crippen MR) is 244 cm³/mol. The Balaban J connectivity index is 0.974. The van der Waals surface area contributed by atoms with Gasteiger partial charge in [0.25, 0.3) is 5.91 Å². The van der Waals surface area contributed by atoms with E-state index in [1.807, 2.05) is 66.7 Å². The lowest BCUT2D eigenvalue weighted by molar-refractivity contribution is 0.0370. The molecule has 1 unspecified atom stereocenters. The summed E-state index contributed by atoms with van der Waals surface area (Å²) in [6.07, 6.45) is 1.82. The van der Waals surface area contributed by atoms with E-state index in [2.05, 4.69) is 49.4 Å². The van der Waals surface area contributed by atoms with E-state index in [0.717, 1.165) is 81.2 Å². The number of hydrogen-bond acceptors (Lipinski definition) is 10. The van der Waals surface area contributed by atoms with Gasteiger partial charge in [0.15, 0.2) is 9.84 Å². The molecule has 2 heterocycles. The molecule has 11 nitrogen and oxygen atoms in total. The van der Waals surface area contributed by atoms with Crippen LogP contribution in [0.2, 0.25) is 5.02 Å². The van der Waals surface area contributed by atoms with Crippen LogP contribution in [0.25, 0.3) is 11.1 Å². The van der Waals surface area contributed by atoms with Crippen molar-refractivity contribution in [1.82, 2.24) is 14.9 Å². The van der Waals surface area contributed by atoms with Gasteiger partial charge in [-0.3, -0.25) is 24.2 Å². The summed E-state index contributed by atoms with van der Waals surface area (Å²) in [7, 11) is -8.39. The van der Waals surface area contributed by atoms with E-state index < -0.39 is 23.3 Å². The topological polar surface area (TPSA) is 132 Å². The number of benzene rings is 5. The maximum absolute atomic E-state index is 13.7. The van der Waals surface area contributed by atoms with Gasteiger partial charge in [-0.1, -0.05) is 66.2 Å². The van der Waals surface area contributed by atoms with Gasteiger partial charge in [-0.2, -0.15) is 0 Å². The molecule has 0 aliphatic carbocycles. The Bertz CT molecular complexity index is 2380. The van der Waals surface area contributed by atoms with Crippen LogP contribution in [0.15, 0.2) is 131 Å². The zero-order valence-corrected chi connectivity index (χ0v) is 36.9. The zero-order valence-electron chi connectivity index (χ0n) is 33.6. The highest BCUT2D eigenvalue weighted by molar-refractivity contribution is 7.99. The predicted octanol–water partition coefficient (Wildman–Crippen LogP) is 7.27. The third kappa shape index (κ3) is 11.8. The van der Waals surface area contributed by atoms with Crippen LogP contribution in [0.1, 0.15) is 22.3 Å². The zero-order chi connectivity index (χ0) is 42.1. The Morgan fingerprint density at radius 2 is 1.53 bits per heavy atom. The number of anilines is 2. The van der Waals surface area contributed by atoms with E-state index in [1.54, 1.807) is 23.9 Å². The summed E-state index contributed by atoms with van der Waals surface area (Å²) in [5, 5.41) is 6.24. The SMILES string of the molecule is CS(=O)(=O)c1cc(P(=O)(O)NC(=O)c2ccc(N3CCN(Cc4ccccc4-c4ccc(Cl)cc4)CC3)cc2)ccc1N[C@H](CCN1CCOCC1)CSc1ccccc1. The van der Waals surface area contributed by atoms with E-state index in [-0.39, 0.29) is 21.8 Å². The molecule has 2 saturated heterocycles. The third-order valence-electron chi connectivity index (χ3n) is 10.9. The number of hydrogen-bond donors (Lipinski definition) is 3. The summed E-state index contributed by atoms with van der Waals surface area (Å²) in [6, 6.07) is 37.3. The fraction of sp³-hybridized carbons (Fsp3) is 0.311. The van der Waals surface area contributed by atoms with Gasteiger partial charge < -0.3 is 19.8 Å². The molecule has 0 saturated carbocycles. The highest BCUT2D eigenvalue weighted by Crippen LogP contribution is 2.37. The number of nitrogens with one attached hydrogen (secondary N) is 2. The number of halogens is 1. The number of sulfone groups is 1. The van der Waals surface area contributed by atoms with Gasteiger partial charge in [0.1, 0.15) is 0 Å². The standard InChI is InChI=1S/C45H51ClN5O6PS2/c1-60(55,56)44-31-40(19-20-43(44)47-38(21-22-49-27-29-57-30-28-49)33-59-41-8-3-2-4-9-41)58(53,54)48-45(52)35-13-17-39(18-14-35)51-25-23-50(24-26-51)32-36-7-5-6-10-42(36)34-11-15-37(46)16-12-34/h2-20,31,38,47H,21-30,32-33H2,1H3,(H2,48,52,53,54)/t38-/m1/s1. The third-order valence-corrected chi connectivity index (χ3v) is 14.9. The van der Waals surface area contributed by atoms with Gasteiger partial charge in [0.05, 0.1) is 29.1 Å². The fourth-order valence-corrected chi connectivity index (χ4v) is 10.7. The smallest absolute Gasteiger partial charge is 0.323 e. The Labute approximate surface area is 362 Å². The van der Waals surface area contributed by atoms with Crippen LogP contribution in [-0.4, -0.2) is 106 Å². The van der Waals surface area contributed by atoms with Gasteiger partial charge in [0.2, 0.25) is 0 Å². The molecular formula is C45H51ClN5O6PS2. The summed E-state index contributed by atoms with van der Waals surface area (Å²) >= 11 is 7.80. The maximum atomic E-state index is 13.7. The fourth-order valence-electron chi connectivity index (χ4n) is 7.48. The van der Waals surface area contributed by atoms with Crippen LogP contribution in [-0.2, 0) is 25.7 Å². The number of morpholine rings is 1. The van der Waals surface area contributed by atoms with E-state index >= 15 is 0 Å². The van der Waals surface area contributed by atoms with Crippen LogP contribution in [0.4, 0.5) is 11.4 Å². The number of thioether (sulfide) groups is 1. The number of piperazine rings is 1. The molecule has 7 rings (SSSR count). The number of ether oxygens (including phenoxy) is 1. The van der Waals surface area contributed by atoms with E-state index in [4.69, 9.17) is 16.3 Å². The number of carbonyl (C=O) groups is 1. The molecule has 2 aliphatic rings. The largest absolute Gasteiger partial charge is 0.380 e. The monoisotopic (exact) mass is 887 g/mol. The molecular weight excluding hydrogens is 837 g/mol. The first-order chi connectivity index (χ1) is 28.9. The van der Waals surface area contributed by atoms with Crippen molar-refractivity contribution in [2.45, 2.75) is 28.8 Å². The number of amides is 1. The molecule has 2 aliphatic heterocycles. The average molecular weight is 888 g/mol. The maximum Gasteiger partial charge on any atom is 0.323 e. The van der Waals surface area contributed by atoms with E-state index in [0.29, 0.717) is 29.7 Å². The van der Waals surface area contributed by atoms with Gasteiger partial charge in [-0.15, -0.1) is 11.8 Å². The normalized spacial score (nSPS) is 16.8. The summed E-state index contributed by atoms with van der Waals surface area (Å²) in [5.74, 6) is -0.0650. The molecule has 0 radical (unpaired) electrons. The van der Waals surface area contributed by atoms with Crippen molar-refractivity contribution in [3.05, 3.63) is 137 Å². The second kappa shape index (κ2) is 20.1. The van der Waals surface area contributed by atoms with Gasteiger partial charge in [-0.05, 0) is 89.8 Å². The summed E-state index contributed by atoms with van der Waals surface area (Å²) in [6.45, 7) is 7.98. The van der Waals surface area contributed by atoms with Crippen molar-refractivity contribution in [3.8, 4) is 11.1 Å². The minimum absolute atomic E-state index is 0.111. The molecule has 5 aromatic rings. The lowest BCUT2D eigenvalue weighted by Gasteiger charge is -2.36. The van der Waals surface area contributed by atoms with Gasteiger partial charge >= 0.3 is 7.52 Å². The Kier molecular flexibility index (Phi) is 14.7. The van der Waals surface area contributed by atoms with Crippen molar-refractivity contribution in [2.75, 3.05) is 81.3 Å². The molecule has 0 spiro atoms. The molecule has 3 N–H and O–H groups in total. The molecule has 0 bridgehead atoms. The Morgan fingerprint density at radius 1 is 0.850 bits per heavy atom. The summed E-state index contributed by atoms with van der Waals surface area (Å²) in [5.41, 5.74) is 5.08. The molecule has 316 valence electrons. The van der Waals surface area contributed by atoms with E-state index in [9.17, 15) is 22.7 Å². The molecule has 0 aromatic heterocycles. The van der Waals surface area contributed by atoms with Crippen LogP contribution in [0, 0.1) is 0 Å². The van der Waals surface area contributed by atoms with Crippen molar-refractivity contribution in [1.29, 1.82) is 0 Å². The number of nitrogens with zero attached hydrogens (tertiary/aromatic N) is 3. The first-order valence-corrected chi connectivity index (χ1v) is 25.0. The summed E-state index contributed by atoms with van der Waals surface area (Å²) in [4.78, 5) is 32.5. The molecule has 1 amide bonds. The molecule has 5 aromatic carbocycles. The minimum Gasteiger partial charge on any atom is -0.380 e. The minimum atomic E-state index is -4.54. The second-order valence-corrected chi connectivity index (χ2v) is 20.6. The first-order valence-electron chi connectivity index (χ1n) is 20.1. The molecule has 2 fully saturated rings. The highest BCUT2D eigenvalue weighted by atomic mass is 35.5. The van der Waals surface area contributed by atoms with Crippen LogP contribution < -0.4 is 20.6 Å². The molecule has 60 heavy (non-hydrogen) atoms. The first kappa shape index (κ1) is 43.9. The van der Waals surface area contributed by atoms with Crippen molar-refractivity contribution < 1.29 is 27.4 Å². The van der Waals surface area contributed by atoms with Crippen LogP contribution in [0.3, 0.4) is 0 Å². The van der Waals surface area contributed by atoms with Crippen molar-refractivity contribution in [2.24, 2.45) is 0 Å². The lowest BCUT2D eigenvalue weighted by atomic mass is 9.99. The Morgan fingerprint density at radius 3 is 2.23 bits per heavy atom. The highest BCUT2D eigenvalue weighted by Gasteiger charge is 2.29. The number of rotatable bonds is 16. The quantitative estimate of drug-likeness (QED) is 0.0684. The van der Waals surface area contributed by atoms with Gasteiger partial charge in [-0.25, -0.2) is 8.42 Å². The van der Waals surface area contributed by atoms with Crippen LogP contribution >= 0.6 is 30.9 Å². The Hall–Kier alpha value is -4.17. The van der Waals surface area contributed by atoms with Crippen LogP contribution in [0.5, 0.6) is 0 Å². The van der Waals surface area contributed by atoms with Crippen molar-refractivity contribution in [3.63, 3.8) is 0 Å². The molecule has 2 atom stereocenters. The average Bonchev–Trinajstić information content (AvgIpc) is 3.26. The lowest BCUT2D eigenvalue weighted by Crippen LogP contribution is -2.46. The second-order valence-electron chi connectivity index (χ2n) is 15.2. The van der Waals surface area contributed by atoms with Crippen molar-refractivity contribution >= 4 is 63.3 Å².